The van der Waals surface area contributed by atoms with Crippen molar-refractivity contribution in [2.45, 2.75) is 19.5 Å². The fourth-order valence-corrected chi connectivity index (χ4v) is 2.50. The highest BCUT2D eigenvalue weighted by Crippen LogP contribution is 2.37. The first-order chi connectivity index (χ1) is 14.6. The first kappa shape index (κ1) is 23.8. The van der Waals surface area contributed by atoms with Crippen molar-refractivity contribution in [3.8, 4) is 11.5 Å². The second kappa shape index (κ2) is 10.0. The number of nitrogens with one attached hydrogen (secondary N) is 1. The van der Waals surface area contributed by atoms with Crippen LogP contribution in [0.2, 0.25) is 5.02 Å². The Hall–Kier alpha value is -3.47. The lowest BCUT2D eigenvalue weighted by Crippen LogP contribution is -2.19. The summed E-state index contributed by atoms with van der Waals surface area (Å²) in [6.07, 6.45) is -3.46. The molecule has 0 bridgehead atoms. The van der Waals surface area contributed by atoms with Crippen LogP contribution >= 0.6 is 11.6 Å². The number of rotatable bonds is 8. The second-order valence-corrected chi connectivity index (χ2v) is 6.29. The predicted octanol–water partition coefficient (Wildman–Crippen LogP) is 5.46. The van der Waals surface area contributed by atoms with Crippen LogP contribution in [0.25, 0.3) is 5.70 Å². The molecule has 1 N–H and O–H groups in total. The summed E-state index contributed by atoms with van der Waals surface area (Å²) in [5.74, 6) is -0.710. The summed E-state index contributed by atoms with van der Waals surface area (Å²) in [5, 5.41) is 11.1. The van der Waals surface area contributed by atoms with Gasteiger partial charge in [0.2, 0.25) is 0 Å². The fraction of sp³-hybridized carbons (Fsp3) is 0.211. The quantitative estimate of drug-likeness (QED) is 0.317. The van der Waals surface area contributed by atoms with E-state index in [-0.39, 0.29) is 39.9 Å². The largest absolute Gasteiger partial charge is 0.502 e. The molecule has 0 saturated heterocycles. The van der Waals surface area contributed by atoms with Gasteiger partial charge in [-0.2, -0.15) is 13.2 Å². The Balaban J connectivity index is 2.42. The normalized spacial score (nSPS) is 11.6. The Morgan fingerprint density at radius 3 is 2.52 bits per heavy atom. The number of methoxy groups -OCH3 is 1. The van der Waals surface area contributed by atoms with Crippen LogP contribution in [-0.2, 0) is 20.5 Å². The molecule has 0 fully saturated rings. The number of hydroxylamine groups is 1. The minimum Gasteiger partial charge on any atom is -0.502 e. The van der Waals surface area contributed by atoms with Gasteiger partial charge in [0, 0.05) is 12.5 Å². The Kier molecular flexibility index (Phi) is 7.70. The summed E-state index contributed by atoms with van der Waals surface area (Å²) >= 11 is 5.89. The highest BCUT2D eigenvalue weighted by Gasteiger charge is 2.31. The van der Waals surface area contributed by atoms with E-state index in [1.807, 2.05) is 0 Å². The third kappa shape index (κ3) is 6.25. The molecular formula is C19H16ClF3N2O6. The van der Waals surface area contributed by atoms with E-state index in [2.05, 4.69) is 5.48 Å². The van der Waals surface area contributed by atoms with E-state index in [0.29, 0.717) is 6.07 Å². The topological polar surface area (TPSA) is 99.9 Å². The molecule has 166 valence electrons. The zero-order valence-electron chi connectivity index (χ0n) is 16.2. The molecule has 0 aromatic heterocycles. The summed E-state index contributed by atoms with van der Waals surface area (Å²) in [4.78, 5) is 26.9. The van der Waals surface area contributed by atoms with E-state index in [1.165, 1.54) is 19.2 Å². The first-order valence-electron chi connectivity index (χ1n) is 8.58. The van der Waals surface area contributed by atoms with Crippen LogP contribution in [-0.4, -0.2) is 18.0 Å². The number of nitro groups is 1. The molecule has 0 aliphatic rings. The minimum atomic E-state index is -4.58. The number of ether oxygens (including phenoxy) is 2. The van der Waals surface area contributed by atoms with Crippen LogP contribution in [0, 0.1) is 10.1 Å². The number of alkyl halides is 3. The van der Waals surface area contributed by atoms with Crippen LogP contribution in [0.3, 0.4) is 0 Å². The molecule has 0 atom stereocenters. The number of hydrogen-bond acceptors (Lipinski definition) is 7. The van der Waals surface area contributed by atoms with Crippen LogP contribution in [0.15, 0.2) is 42.7 Å². The average molecular weight is 461 g/mol. The summed E-state index contributed by atoms with van der Waals surface area (Å²) in [6, 6.07) is 6.07. The van der Waals surface area contributed by atoms with Gasteiger partial charge in [-0.1, -0.05) is 18.5 Å². The van der Waals surface area contributed by atoms with Gasteiger partial charge >= 0.3 is 12.1 Å². The van der Waals surface area contributed by atoms with E-state index in [0.717, 1.165) is 24.5 Å². The standard InChI is InChI=1S/C19H16ClF3N2O6/c1-3-18(26)31-24-15(10-29-2)13-9-12(5-6-16(13)25(27)28)30-17-7-4-11(8-14(17)20)19(21,22)23/h4-10,24H,3H2,1-2H3. The Morgan fingerprint density at radius 1 is 1.26 bits per heavy atom. The lowest BCUT2D eigenvalue weighted by molar-refractivity contribution is -0.385. The van der Waals surface area contributed by atoms with Gasteiger partial charge in [0.25, 0.3) is 5.69 Å². The Morgan fingerprint density at radius 2 is 1.97 bits per heavy atom. The van der Waals surface area contributed by atoms with Crippen LogP contribution in [0.5, 0.6) is 11.5 Å². The number of halogens is 4. The van der Waals surface area contributed by atoms with Crippen LogP contribution < -0.4 is 10.2 Å². The molecule has 0 spiro atoms. The van der Waals surface area contributed by atoms with Gasteiger partial charge in [-0.3, -0.25) is 10.1 Å². The number of carbonyl (C=O) groups excluding carboxylic acids is 1. The van der Waals surface area contributed by atoms with Crippen molar-refractivity contribution in [2.24, 2.45) is 0 Å². The lowest BCUT2D eigenvalue weighted by Gasteiger charge is -2.14. The summed E-state index contributed by atoms with van der Waals surface area (Å²) in [6.45, 7) is 1.55. The van der Waals surface area contributed by atoms with Gasteiger partial charge in [0.15, 0.2) is 0 Å². The van der Waals surface area contributed by atoms with Crippen molar-refractivity contribution in [2.75, 3.05) is 7.11 Å². The molecule has 31 heavy (non-hydrogen) atoms. The molecule has 0 heterocycles. The molecular weight excluding hydrogens is 445 g/mol. The molecule has 8 nitrogen and oxygen atoms in total. The molecule has 0 aliphatic carbocycles. The predicted molar refractivity (Wildman–Crippen MR) is 104 cm³/mol. The molecule has 12 heteroatoms. The smallest absolute Gasteiger partial charge is 0.416 e. The second-order valence-electron chi connectivity index (χ2n) is 5.88. The highest BCUT2D eigenvalue weighted by molar-refractivity contribution is 6.32. The van der Waals surface area contributed by atoms with Crippen molar-refractivity contribution in [1.82, 2.24) is 5.48 Å². The third-order valence-electron chi connectivity index (χ3n) is 3.74. The zero-order valence-corrected chi connectivity index (χ0v) is 16.9. The highest BCUT2D eigenvalue weighted by atomic mass is 35.5. The van der Waals surface area contributed by atoms with Crippen molar-refractivity contribution in [1.29, 1.82) is 0 Å². The maximum Gasteiger partial charge on any atom is 0.416 e. The number of nitro benzene ring substituents is 1. The number of nitrogens with zero attached hydrogens (tertiary/aromatic N) is 1. The molecule has 0 amide bonds. The van der Waals surface area contributed by atoms with Gasteiger partial charge in [0.1, 0.15) is 23.5 Å². The van der Waals surface area contributed by atoms with E-state index >= 15 is 0 Å². The SMILES string of the molecule is CCC(=O)ONC(=COC)c1cc(Oc2ccc(C(F)(F)F)cc2Cl)ccc1[N+](=O)[O-]. The van der Waals surface area contributed by atoms with E-state index < -0.39 is 22.6 Å². The van der Waals surface area contributed by atoms with Gasteiger partial charge < -0.3 is 14.3 Å². The van der Waals surface area contributed by atoms with Crippen LogP contribution in [0.4, 0.5) is 18.9 Å². The monoisotopic (exact) mass is 460 g/mol. The van der Waals surface area contributed by atoms with Crippen molar-refractivity contribution in [3.05, 3.63) is 68.9 Å². The third-order valence-corrected chi connectivity index (χ3v) is 4.04. The summed E-state index contributed by atoms with van der Waals surface area (Å²) < 4.78 is 48.8. The first-order valence-corrected chi connectivity index (χ1v) is 8.96. The fourth-order valence-electron chi connectivity index (χ4n) is 2.28. The molecule has 0 unspecified atom stereocenters. The van der Waals surface area contributed by atoms with Crippen molar-refractivity contribution < 1.29 is 37.2 Å². The van der Waals surface area contributed by atoms with Gasteiger partial charge in [-0.15, -0.1) is 0 Å². The van der Waals surface area contributed by atoms with Crippen LogP contribution in [0.1, 0.15) is 24.5 Å². The van der Waals surface area contributed by atoms with E-state index in [4.69, 9.17) is 25.9 Å². The van der Waals surface area contributed by atoms with E-state index in [9.17, 15) is 28.1 Å². The molecule has 0 aliphatic heterocycles. The van der Waals surface area contributed by atoms with Gasteiger partial charge in [-0.25, -0.2) is 10.3 Å². The molecule has 2 rings (SSSR count). The molecule has 0 saturated carbocycles. The van der Waals surface area contributed by atoms with Gasteiger partial charge in [-0.05, 0) is 30.3 Å². The van der Waals surface area contributed by atoms with Crippen molar-refractivity contribution in [3.63, 3.8) is 0 Å². The van der Waals surface area contributed by atoms with E-state index in [1.54, 1.807) is 6.92 Å². The minimum absolute atomic E-state index is 0.0212. The molecule has 0 radical (unpaired) electrons. The Labute approximate surface area is 179 Å². The van der Waals surface area contributed by atoms with Gasteiger partial charge in [0.05, 0.1) is 28.2 Å². The maximum atomic E-state index is 12.8. The molecule has 2 aromatic rings. The zero-order chi connectivity index (χ0) is 23.2. The number of carbonyl (C=O) groups is 1. The summed E-state index contributed by atoms with van der Waals surface area (Å²) in [7, 11) is 1.28. The maximum absolute atomic E-state index is 12.8. The van der Waals surface area contributed by atoms with Crippen molar-refractivity contribution >= 4 is 29.0 Å². The number of benzene rings is 2. The molecule has 2 aromatic carbocycles. The summed E-state index contributed by atoms with van der Waals surface area (Å²) in [5.41, 5.74) is 0.805. The number of hydrogen-bond donors (Lipinski definition) is 1. The lowest BCUT2D eigenvalue weighted by atomic mass is 10.1. The Bertz CT molecular complexity index is 1010. The average Bonchev–Trinajstić information content (AvgIpc) is 2.71.